The molecule has 3 rings (SSSR count). The molecule has 22 heavy (non-hydrogen) atoms. The van der Waals surface area contributed by atoms with Gasteiger partial charge in [0.15, 0.2) is 9.84 Å². The van der Waals surface area contributed by atoms with Gasteiger partial charge in [0, 0.05) is 12.5 Å². The standard InChI is InChI=1S/C14H17N3O3S2/c18-14(2-1-11-4-7-21-9-11)16-13-3-6-15-17(13)12-5-8-22(19,20)10-12/h3-4,6-7,9,12H,1-2,5,8,10H2,(H,16,18). The van der Waals surface area contributed by atoms with Crippen molar-refractivity contribution in [3.63, 3.8) is 0 Å². The van der Waals surface area contributed by atoms with E-state index < -0.39 is 9.84 Å². The van der Waals surface area contributed by atoms with E-state index in [1.807, 2.05) is 16.8 Å². The molecule has 118 valence electrons. The van der Waals surface area contributed by atoms with E-state index in [2.05, 4.69) is 10.4 Å². The summed E-state index contributed by atoms with van der Waals surface area (Å²) in [6.45, 7) is 0. The fraction of sp³-hybridized carbons (Fsp3) is 0.429. The molecule has 1 aliphatic heterocycles. The van der Waals surface area contributed by atoms with E-state index in [1.54, 1.807) is 28.3 Å². The molecule has 1 atom stereocenters. The normalized spacial score (nSPS) is 20.1. The molecule has 0 aliphatic carbocycles. The lowest BCUT2D eigenvalue weighted by Gasteiger charge is -2.13. The predicted octanol–water partition coefficient (Wildman–Crippen LogP) is 1.88. The lowest BCUT2D eigenvalue weighted by molar-refractivity contribution is -0.116. The maximum atomic E-state index is 12.0. The summed E-state index contributed by atoms with van der Waals surface area (Å²) < 4.78 is 24.8. The van der Waals surface area contributed by atoms with Crippen LogP contribution >= 0.6 is 11.3 Å². The molecule has 2 aromatic heterocycles. The molecule has 1 saturated heterocycles. The lowest BCUT2D eigenvalue weighted by Crippen LogP contribution is -2.19. The molecular formula is C14H17N3O3S2. The van der Waals surface area contributed by atoms with Crippen LogP contribution in [0.2, 0.25) is 0 Å². The highest BCUT2D eigenvalue weighted by Crippen LogP contribution is 2.26. The minimum Gasteiger partial charge on any atom is -0.311 e. The number of hydrogen-bond donors (Lipinski definition) is 1. The number of rotatable bonds is 5. The highest BCUT2D eigenvalue weighted by Gasteiger charge is 2.30. The van der Waals surface area contributed by atoms with Gasteiger partial charge in [-0.15, -0.1) is 0 Å². The van der Waals surface area contributed by atoms with E-state index in [-0.39, 0.29) is 23.5 Å². The van der Waals surface area contributed by atoms with Gasteiger partial charge < -0.3 is 5.32 Å². The first-order valence-electron chi connectivity index (χ1n) is 7.08. The Kier molecular flexibility index (Phi) is 4.30. The maximum absolute atomic E-state index is 12.0. The second kappa shape index (κ2) is 6.21. The molecule has 0 bridgehead atoms. The highest BCUT2D eigenvalue weighted by atomic mass is 32.2. The molecule has 1 aliphatic rings. The van der Waals surface area contributed by atoms with Gasteiger partial charge >= 0.3 is 0 Å². The summed E-state index contributed by atoms with van der Waals surface area (Å²) in [6.07, 6.45) is 3.22. The van der Waals surface area contributed by atoms with Crippen LogP contribution in [0, 0.1) is 0 Å². The molecule has 1 N–H and O–H groups in total. The zero-order valence-electron chi connectivity index (χ0n) is 11.9. The van der Waals surface area contributed by atoms with Crippen LogP contribution in [0.25, 0.3) is 0 Å². The van der Waals surface area contributed by atoms with Crippen molar-refractivity contribution in [1.29, 1.82) is 0 Å². The zero-order valence-corrected chi connectivity index (χ0v) is 13.6. The summed E-state index contributed by atoms with van der Waals surface area (Å²) in [6, 6.07) is 3.52. The van der Waals surface area contributed by atoms with Gasteiger partial charge in [0.1, 0.15) is 5.82 Å². The van der Waals surface area contributed by atoms with Crippen molar-refractivity contribution in [2.75, 3.05) is 16.8 Å². The predicted molar refractivity (Wildman–Crippen MR) is 85.8 cm³/mol. The molecule has 1 amide bonds. The minimum absolute atomic E-state index is 0.0891. The largest absolute Gasteiger partial charge is 0.311 e. The first-order valence-corrected chi connectivity index (χ1v) is 9.85. The van der Waals surface area contributed by atoms with E-state index in [9.17, 15) is 13.2 Å². The number of anilines is 1. The van der Waals surface area contributed by atoms with Crippen LogP contribution in [0.15, 0.2) is 29.1 Å². The smallest absolute Gasteiger partial charge is 0.225 e. The van der Waals surface area contributed by atoms with Gasteiger partial charge in [-0.25, -0.2) is 13.1 Å². The monoisotopic (exact) mass is 339 g/mol. The number of carbonyl (C=O) groups excluding carboxylic acids is 1. The Morgan fingerprint density at radius 3 is 3.00 bits per heavy atom. The second-order valence-electron chi connectivity index (χ2n) is 5.40. The van der Waals surface area contributed by atoms with Crippen LogP contribution in [0.3, 0.4) is 0 Å². The molecular weight excluding hydrogens is 322 g/mol. The van der Waals surface area contributed by atoms with Crippen LogP contribution in [-0.4, -0.2) is 35.6 Å². The summed E-state index contributed by atoms with van der Waals surface area (Å²) in [7, 11) is -2.98. The molecule has 2 aromatic rings. The third-order valence-electron chi connectivity index (χ3n) is 3.71. The topological polar surface area (TPSA) is 81.1 Å². The fourth-order valence-electron chi connectivity index (χ4n) is 2.57. The summed E-state index contributed by atoms with van der Waals surface area (Å²) >= 11 is 1.61. The molecule has 0 saturated carbocycles. The quantitative estimate of drug-likeness (QED) is 0.902. The number of nitrogens with zero attached hydrogens (tertiary/aromatic N) is 2. The van der Waals surface area contributed by atoms with Crippen LogP contribution in [0.1, 0.15) is 24.4 Å². The van der Waals surface area contributed by atoms with Crippen LogP contribution in [0.5, 0.6) is 0 Å². The molecule has 0 radical (unpaired) electrons. The van der Waals surface area contributed by atoms with Crippen molar-refractivity contribution >= 4 is 32.9 Å². The molecule has 0 spiro atoms. The number of aromatic nitrogens is 2. The second-order valence-corrected chi connectivity index (χ2v) is 8.41. The number of hydrogen-bond acceptors (Lipinski definition) is 5. The Hall–Kier alpha value is -1.67. The zero-order chi connectivity index (χ0) is 15.6. The fourth-order valence-corrected chi connectivity index (χ4v) is 4.97. The highest BCUT2D eigenvalue weighted by molar-refractivity contribution is 7.91. The first kappa shape index (κ1) is 15.2. The van der Waals surface area contributed by atoms with Gasteiger partial charge in [-0.3, -0.25) is 4.79 Å². The van der Waals surface area contributed by atoms with E-state index in [0.29, 0.717) is 25.1 Å². The number of carbonyl (C=O) groups is 1. The summed E-state index contributed by atoms with van der Waals surface area (Å²) in [5, 5.41) is 11.0. The Labute approximate surface area is 133 Å². The number of amides is 1. The lowest BCUT2D eigenvalue weighted by atomic mass is 10.2. The van der Waals surface area contributed by atoms with Crippen molar-refractivity contribution in [1.82, 2.24) is 9.78 Å². The van der Waals surface area contributed by atoms with Gasteiger partial charge in [-0.05, 0) is 35.2 Å². The van der Waals surface area contributed by atoms with Crippen molar-refractivity contribution < 1.29 is 13.2 Å². The first-order chi connectivity index (χ1) is 10.5. The summed E-state index contributed by atoms with van der Waals surface area (Å²) in [5.41, 5.74) is 1.15. The maximum Gasteiger partial charge on any atom is 0.225 e. The van der Waals surface area contributed by atoms with E-state index in [0.717, 1.165) is 5.56 Å². The van der Waals surface area contributed by atoms with Crippen LogP contribution in [0.4, 0.5) is 5.82 Å². The number of aryl methyl sites for hydroxylation is 1. The van der Waals surface area contributed by atoms with Gasteiger partial charge in [0.2, 0.25) is 5.91 Å². The molecule has 1 unspecified atom stereocenters. The van der Waals surface area contributed by atoms with Crippen LogP contribution in [-0.2, 0) is 21.1 Å². The Morgan fingerprint density at radius 1 is 1.45 bits per heavy atom. The number of sulfone groups is 1. The van der Waals surface area contributed by atoms with Crippen molar-refractivity contribution in [2.24, 2.45) is 0 Å². The van der Waals surface area contributed by atoms with Gasteiger partial charge in [-0.2, -0.15) is 16.4 Å². The van der Waals surface area contributed by atoms with Crippen LogP contribution < -0.4 is 5.32 Å². The van der Waals surface area contributed by atoms with E-state index >= 15 is 0 Å². The van der Waals surface area contributed by atoms with E-state index in [1.165, 1.54) is 0 Å². The Bertz CT molecular complexity index is 750. The third-order valence-corrected chi connectivity index (χ3v) is 6.20. The Morgan fingerprint density at radius 2 is 2.32 bits per heavy atom. The van der Waals surface area contributed by atoms with Crippen molar-refractivity contribution in [2.45, 2.75) is 25.3 Å². The SMILES string of the molecule is O=C(CCc1ccsc1)Nc1ccnn1C1CCS(=O)(=O)C1. The van der Waals surface area contributed by atoms with Gasteiger partial charge in [0.25, 0.3) is 0 Å². The number of thiophene rings is 1. The van der Waals surface area contributed by atoms with Crippen molar-refractivity contribution in [3.8, 4) is 0 Å². The molecule has 0 aromatic carbocycles. The minimum atomic E-state index is -2.98. The Balaban J connectivity index is 1.61. The third kappa shape index (κ3) is 3.56. The van der Waals surface area contributed by atoms with Gasteiger partial charge in [0.05, 0.1) is 23.7 Å². The molecule has 1 fully saturated rings. The van der Waals surface area contributed by atoms with Gasteiger partial charge in [-0.1, -0.05) is 0 Å². The molecule has 3 heterocycles. The van der Waals surface area contributed by atoms with Crippen molar-refractivity contribution in [3.05, 3.63) is 34.7 Å². The molecule has 8 heteroatoms. The average molecular weight is 339 g/mol. The summed E-state index contributed by atoms with van der Waals surface area (Å²) in [4.78, 5) is 12.0. The molecule has 6 nitrogen and oxygen atoms in total. The summed E-state index contributed by atoms with van der Waals surface area (Å²) in [5.74, 6) is 0.751. The average Bonchev–Trinajstić information content (AvgIpc) is 3.17. The number of nitrogens with one attached hydrogen (secondary N) is 1. The van der Waals surface area contributed by atoms with E-state index in [4.69, 9.17) is 0 Å².